The van der Waals surface area contributed by atoms with Crippen LogP contribution in [-0.4, -0.2) is 83.3 Å². The minimum Gasteiger partial charge on any atom is -0.394 e. The molecule has 5 rings (SSSR count). The van der Waals surface area contributed by atoms with E-state index in [9.17, 15) is 14.7 Å². The van der Waals surface area contributed by atoms with Gasteiger partial charge < -0.3 is 30.3 Å². The van der Waals surface area contributed by atoms with Crippen molar-refractivity contribution in [1.82, 2.24) is 25.2 Å². The molecule has 2 aromatic heterocycles. The maximum absolute atomic E-state index is 13.5. The van der Waals surface area contributed by atoms with Crippen molar-refractivity contribution < 1.29 is 19.4 Å². The predicted octanol–water partition coefficient (Wildman–Crippen LogP) is 3.22. The zero-order chi connectivity index (χ0) is 29.1. The maximum atomic E-state index is 13.5. The third-order valence-electron chi connectivity index (χ3n) is 7.50. The van der Waals surface area contributed by atoms with E-state index in [2.05, 4.69) is 25.6 Å². The highest BCUT2D eigenvalue weighted by molar-refractivity contribution is 6.33. The molecule has 1 saturated heterocycles. The molecule has 12 heteroatoms. The number of aliphatic hydroxyl groups excluding tert-OH is 1. The summed E-state index contributed by atoms with van der Waals surface area (Å²) in [5.41, 5.74) is 3.25. The van der Waals surface area contributed by atoms with Crippen LogP contribution in [0.1, 0.15) is 53.3 Å². The number of nitrogens with zero attached hydrogens (tertiary/aromatic N) is 5. The second kappa shape index (κ2) is 12.4. The smallest absolute Gasteiger partial charge is 0.255 e. The molecule has 4 heterocycles. The van der Waals surface area contributed by atoms with Crippen molar-refractivity contribution in [2.75, 3.05) is 50.7 Å². The summed E-state index contributed by atoms with van der Waals surface area (Å²) in [6.07, 6.45) is 4.93. The van der Waals surface area contributed by atoms with Gasteiger partial charge in [-0.3, -0.25) is 9.59 Å². The van der Waals surface area contributed by atoms with E-state index in [0.29, 0.717) is 46.8 Å². The molecule has 3 N–H and O–H groups in total. The van der Waals surface area contributed by atoms with Gasteiger partial charge in [-0.1, -0.05) is 23.7 Å². The minimum atomic E-state index is -0.630. The highest BCUT2D eigenvalue weighted by Crippen LogP contribution is 2.37. The maximum Gasteiger partial charge on any atom is 0.255 e. The summed E-state index contributed by atoms with van der Waals surface area (Å²) < 4.78 is 5.42. The van der Waals surface area contributed by atoms with Crippen LogP contribution in [0.5, 0.6) is 0 Å². The second-order valence-corrected chi connectivity index (χ2v) is 10.9. The highest BCUT2D eigenvalue weighted by atomic mass is 35.5. The summed E-state index contributed by atoms with van der Waals surface area (Å²) in [6.45, 7) is 2.83. The molecule has 11 nitrogen and oxygen atoms in total. The van der Waals surface area contributed by atoms with E-state index >= 15 is 0 Å². The van der Waals surface area contributed by atoms with Gasteiger partial charge in [-0.2, -0.15) is 0 Å². The van der Waals surface area contributed by atoms with Gasteiger partial charge in [0.2, 0.25) is 11.9 Å². The lowest BCUT2D eigenvalue weighted by Crippen LogP contribution is -2.41. The molecule has 0 unspecified atom stereocenters. The average molecular weight is 580 g/mol. The molecule has 0 spiro atoms. The Morgan fingerprint density at radius 2 is 2.00 bits per heavy atom. The number of rotatable bonds is 9. The minimum absolute atomic E-state index is 0.153. The summed E-state index contributed by atoms with van der Waals surface area (Å²) >= 11 is 6.48. The van der Waals surface area contributed by atoms with Crippen LogP contribution in [0, 0.1) is 0 Å². The molecule has 3 aromatic rings. The third kappa shape index (κ3) is 6.27. The van der Waals surface area contributed by atoms with Gasteiger partial charge >= 0.3 is 0 Å². The van der Waals surface area contributed by atoms with Crippen LogP contribution in [0.25, 0.3) is 11.3 Å². The number of halogens is 1. The van der Waals surface area contributed by atoms with Gasteiger partial charge in [0, 0.05) is 50.7 Å². The average Bonchev–Trinajstić information content (AvgIpc) is 3.21. The summed E-state index contributed by atoms with van der Waals surface area (Å²) in [4.78, 5) is 43.1. The number of hydrogen-bond donors (Lipinski definition) is 3. The first-order valence-corrected chi connectivity index (χ1v) is 14.0. The van der Waals surface area contributed by atoms with E-state index in [1.165, 1.54) is 4.90 Å². The van der Waals surface area contributed by atoms with Crippen molar-refractivity contribution in [3.63, 3.8) is 0 Å². The molecular weight excluding hydrogens is 546 g/mol. The fourth-order valence-electron chi connectivity index (χ4n) is 5.15. The molecule has 216 valence electrons. The van der Waals surface area contributed by atoms with Crippen molar-refractivity contribution in [1.29, 1.82) is 0 Å². The van der Waals surface area contributed by atoms with E-state index in [0.717, 1.165) is 24.0 Å². The zero-order valence-corrected chi connectivity index (χ0v) is 24.1. The Kier molecular flexibility index (Phi) is 8.67. The van der Waals surface area contributed by atoms with Gasteiger partial charge in [0.25, 0.3) is 5.91 Å². The Morgan fingerprint density at radius 3 is 2.73 bits per heavy atom. The zero-order valence-electron chi connectivity index (χ0n) is 23.3. The number of carbonyl (C=O) groups is 2. The number of aromatic nitrogens is 3. The Morgan fingerprint density at radius 1 is 1.22 bits per heavy atom. The second-order valence-electron chi connectivity index (χ2n) is 10.5. The van der Waals surface area contributed by atoms with Crippen molar-refractivity contribution >= 4 is 35.2 Å². The van der Waals surface area contributed by atoms with E-state index in [1.54, 1.807) is 24.5 Å². The molecule has 1 fully saturated rings. The Hall–Kier alpha value is -3.80. The number of carbonyl (C=O) groups excluding carboxylic acids is 2. The lowest BCUT2D eigenvalue weighted by atomic mass is 10.0. The number of anilines is 2. The molecule has 2 amide bonds. The number of aliphatic hydroxyl groups is 1. The molecule has 0 radical (unpaired) electrons. The number of nitrogens with one attached hydrogen (secondary N) is 2. The number of benzene rings is 1. The van der Waals surface area contributed by atoms with Gasteiger partial charge in [-0.25, -0.2) is 15.0 Å². The number of fused-ring (bicyclic) bond motifs is 1. The number of hydrogen-bond acceptors (Lipinski definition) is 9. The first-order chi connectivity index (χ1) is 19.7. The first kappa shape index (κ1) is 28.7. The summed E-state index contributed by atoms with van der Waals surface area (Å²) in [7, 11) is 3.73. The summed E-state index contributed by atoms with van der Waals surface area (Å²) in [5, 5.41) is 16.6. The molecular formula is C29H34ClN7O4. The standard InChI is InChI=1S/C29H34ClN7O4/c1-17-21-5-4-19(27-23(30)14-32-29(35-27)33-20-7-10-41-11-8-20)12-22(21)28(40)37(17)15-26(39)34-24(16-38)18-6-9-31-25(13-18)36(2)3/h4-6,9,12-14,17,20,24,38H,7-8,10-11,15-16H2,1-3H3,(H,34,39)(H,32,33,35)/t17-,24-/m1/s1. The molecule has 0 aliphatic carbocycles. The van der Waals surface area contributed by atoms with Gasteiger partial charge in [0.05, 0.1) is 35.6 Å². The molecule has 0 saturated carbocycles. The molecule has 41 heavy (non-hydrogen) atoms. The van der Waals surface area contributed by atoms with E-state index in [4.69, 9.17) is 16.3 Å². The molecule has 2 aliphatic rings. The van der Waals surface area contributed by atoms with Crippen LogP contribution in [0.2, 0.25) is 5.02 Å². The van der Waals surface area contributed by atoms with Crippen LogP contribution in [-0.2, 0) is 9.53 Å². The highest BCUT2D eigenvalue weighted by Gasteiger charge is 2.35. The van der Waals surface area contributed by atoms with Crippen LogP contribution in [0.4, 0.5) is 11.8 Å². The van der Waals surface area contributed by atoms with Crippen LogP contribution in [0.15, 0.2) is 42.7 Å². The first-order valence-electron chi connectivity index (χ1n) is 13.6. The van der Waals surface area contributed by atoms with E-state index < -0.39 is 6.04 Å². The number of pyridine rings is 1. The van der Waals surface area contributed by atoms with Gasteiger partial charge in [0.1, 0.15) is 12.4 Å². The van der Waals surface area contributed by atoms with Gasteiger partial charge in [0.15, 0.2) is 0 Å². The van der Waals surface area contributed by atoms with Crippen LogP contribution < -0.4 is 15.5 Å². The normalized spacial score (nSPS) is 17.7. The van der Waals surface area contributed by atoms with Crippen molar-refractivity contribution in [3.8, 4) is 11.3 Å². The van der Waals surface area contributed by atoms with Crippen molar-refractivity contribution in [2.45, 2.75) is 37.9 Å². The van der Waals surface area contributed by atoms with Crippen LogP contribution in [0.3, 0.4) is 0 Å². The third-order valence-corrected chi connectivity index (χ3v) is 7.77. The fraction of sp³-hybridized carbons (Fsp3) is 0.414. The van der Waals surface area contributed by atoms with Gasteiger partial charge in [-0.15, -0.1) is 0 Å². The molecule has 2 aliphatic heterocycles. The number of ether oxygens (including phenoxy) is 1. The van der Waals surface area contributed by atoms with Crippen molar-refractivity contribution in [3.05, 3.63) is 64.4 Å². The van der Waals surface area contributed by atoms with E-state index in [1.807, 2.05) is 44.1 Å². The number of amides is 2. The van der Waals surface area contributed by atoms with Crippen LogP contribution >= 0.6 is 11.6 Å². The lowest BCUT2D eigenvalue weighted by molar-refractivity contribution is -0.123. The molecule has 1 aromatic carbocycles. The Balaban J connectivity index is 1.30. The molecule has 2 atom stereocenters. The van der Waals surface area contributed by atoms with E-state index in [-0.39, 0.29) is 37.0 Å². The lowest BCUT2D eigenvalue weighted by Gasteiger charge is -2.24. The quantitative estimate of drug-likeness (QED) is 0.349. The predicted molar refractivity (Wildman–Crippen MR) is 156 cm³/mol. The Labute approximate surface area is 243 Å². The summed E-state index contributed by atoms with van der Waals surface area (Å²) in [5.74, 6) is 0.554. The fourth-order valence-corrected chi connectivity index (χ4v) is 5.35. The SMILES string of the molecule is C[C@@H]1c2ccc(-c3nc(NC4CCOCC4)ncc3Cl)cc2C(=O)N1CC(=O)N[C@H](CO)c1ccnc(N(C)C)c1. The summed E-state index contributed by atoms with van der Waals surface area (Å²) in [6, 6.07) is 8.38. The topological polar surface area (TPSA) is 133 Å². The largest absolute Gasteiger partial charge is 0.394 e. The molecule has 0 bridgehead atoms. The van der Waals surface area contributed by atoms with Gasteiger partial charge in [-0.05, 0) is 49.1 Å². The Bertz CT molecular complexity index is 1430. The monoisotopic (exact) mass is 579 g/mol. The van der Waals surface area contributed by atoms with Crippen molar-refractivity contribution in [2.24, 2.45) is 0 Å².